The van der Waals surface area contributed by atoms with Crippen LogP contribution in [0, 0.1) is 0 Å². The molecule has 1 aromatic heterocycles. The molecular formula is C65H48N2. The van der Waals surface area contributed by atoms with Crippen molar-refractivity contribution in [1.29, 1.82) is 0 Å². The van der Waals surface area contributed by atoms with E-state index in [0.717, 1.165) is 35.6 Å². The molecule has 0 aliphatic heterocycles. The first-order valence-electron chi connectivity index (χ1n) is 23.6. The van der Waals surface area contributed by atoms with Gasteiger partial charge in [-0.1, -0.05) is 183 Å². The number of nitrogens with zero attached hydrogens (tertiary/aromatic N) is 2. The van der Waals surface area contributed by atoms with E-state index in [9.17, 15) is 0 Å². The van der Waals surface area contributed by atoms with Crippen molar-refractivity contribution in [3.63, 3.8) is 0 Å². The summed E-state index contributed by atoms with van der Waals surface area (Å²) >= 11 is 0. The molecule has 0 N–H and O–H groups in total. The Balaban J connectivity index is 0.843. The summed E-state index contributed by atoms with van der Waals surface area (Å²) in [4.78, 5) is 2.34. The Morgan fingerprint density at radius 2 is 0.866 bits per heavy atom. The zero-order chi connectivity index (χ0) is 44.6. The molecule has 0 bridgehead atoms. The van der Waals surface area contributed by atoms with Crippen LogP contribution in [0.4, 0.5) is 17.1 Å². The monoisotopic (exact) mass is 856 g/mol. The number of para-hydroxylation sites is 3. The minimum absolute atomic E-state index is 0.0165. The summed E-state index contributed by atoms with van der Waals surface area (Å²) in [6, 6.07) is 80.5. The van der Waals surface area contributed by atoms with Crippen LogP contribution in [0.25, 0.3) is 88.0 Å². The smallest absolute Gasteiger partial charge is 0.0541 e. The van der Waals surface area contributed by atoms with E-state index in [1.807, 2.05) is 0 Å². The second-order valence-electron chi connectivity index (χ2n) is 18.7. The lowest BCUT2D eigenvalue weighted by Crippen LogP contribution is -2.17. The third kappa shape index (κ3) is 6.24. The standard InChI is InChI=1S/C65H48N2/c1-65(2)59-25-13-10-18-51(59)52-41-34-46(42-60(52)65)64-57-23-8-6-21-55(57)63(56-22-7-9-24-58(56)64)45-30-28-43(29-31-45)44-32-35-48(36-33-44)66(47-16-4-3-5-17-47)49-37-39-50(40-38-49)67-61-26-14-11-19-53(61)54-20-12-15-27-62(54)67/h3-12,14-24,26-42H,13,25H2,1-2H3. The largest absolute Gasteiger partial charge is 0.311 e. The predicted octanol–water partition coefficient (Wildman–Crippen LogP) is 18.0. The van der Waals surface area contributed by atoms with Crippen molar-refractivity contribution in [1.82, 2.24) is 4.57 Å². The lowest BCUT2D eigenvalue weighted by molar-refractivity contribution is 0.607. The maximum Gasteiger partial charge on any atom is 0.0541 e. The van der Waals surface area contributed by atoms with Crippen LogP contribution in [0.5, 0.6) is 0 Å². The topological polar surface area (TPSA) is 8.17 Å². The van der Waals surface area contributed by atoms with Crippen molar-refractivity contribution < 1.29 is 0 Å². The number of benzene rings is 10. The second-order valence-corrected chi connectivity index (χ2v) is 18.7. The maximum atomic E-state index is 2.50. The van der Waals surface area contributed by atoms with Gasteiger partial charge >= 0.3 is 0 Å². The molecule has 11 aromatic rings. The molecule has 10 aromatic carbocycles. The molecule has 0 saturated heterocycles. The number of anilines is 3. The first-order chi connectivity index (χ1) is 33.0. The van der Waals surface area contributed by atoms with Crippen LogP contribution in [0.15, 0.2) is 236 Å². The van der Waals surface area contributed by atoms with E-state index in [1.54, 1.807) is 5.57 Å². The lowest BCUT2D eigenvalue weighted by Gasteiger charge is -2.26. The molecule has 0 unspecified atom stereocenters. The highest BCUT2D eigenvalue weighted by molar-refractivity contribution is 6.21. The minimum Gasteiger partial charge on any atom is -0.311 e. The van der Waals surface area contributed by atoms with Crippen molar-refractivity contribution in [3.05, 3.63) is 247 Å². The number of fused-ring (bicyclic) bond motifs is 7. The van der Waals surface area contributed by atoms with Crippen LogP contribution < -0.4 is 4.90 Å². The van der Waals surface area contributed by atoms with Crippen molar-refractivity contribution in [3.8, 4) is 39.1 Å². The Labute approximate surface area is 392 Å². The molecule has 1 heterocycles. The Hall–Kier alpha value is -8.20. The molecular weight excluding hydrogens is 809 g/mol. The predicted molar refractivity (Wildman–Crippen MR) is 285 cm³/mol. The van der Waals surface area contributed by atoms with Gasteiger partial charge in [-0.15, -0.1) is 0 Å². The van der Waals surface area contributed by atoms with Crippen molar-refractivity contribution in [2.24, 2.45) is 0 Å². The molecule has 0 amide bonds. The van der Waals surface area contributed by atoms with E-state index in [-0.39, 0.29) is 5.41 Å². The molecule has 2 nitrogen and oxygen atoms in total. The van der Waals surface area contributed by atoms with Crippen molar-refractivity contribution in [2.45, 2.75) is 32.1 Å². The van der Waals surface area contributed by atoms with Gasteiger partial charge in [-0.25, -0.2) is 0 Å². The van der Waals surface area contributed by atoms with E-state index in [4.69, 9.17) is 0 Å². The number of hydrogen-bond donors (Lipinski definition) is 0. The fraction of sp³-hybridized carbons (Fsp3) is 0.0769. The molecule has 2 aliphatic rings. The molecule has 13 rings (SSSR count). The molecule has 0 atom stereocenters. The molecule has 2 aliphatic carbocycles. The van der Waals surface area contributed by atoms with E-state index < -0.39 is 0 Å². The van der Waals surface area contributed by atoms with Gasteiger partial charge in [0.05, 0.1) is 11.0 Å². The van der Waals surface area contributed by atoms with Gasteiger partial charge in [-0.3, -0.25) is 0 Å². The minimum atomic E-state index is 0.0165. The molecule has 0 fully saturated rings. The quantitative estimate of drug-likeness (QED) is 0.145. The Morgan fingerprint density at radius 3 is 1.45 bits per heavy atom. The number of rotatable bonds is 7. The second kappa shape index (κ2) is 15.5. The Kier molecular flexibility index (Phi) is 9.05. The maximum absolute atomic E-state index is 2.50. The van der Waals surface area contributed by atoms with E-state index in [0.29, 0.717) is 0 Å². The van der Waals surface area contributed by atoms with Crippen LogP contribution in [0.3, 0.4) is 0 Å². The van der Waals surface area contributed by atoms with Gasteiger partial charge < -0.3 is 9.47 Å². The van der Waals surface area contributed by atoms with Gasteiger partial charge in [0, 0.05) is 38.9 Å². The zero-order valence-electron chi connectivity index (χ0n) is 37.7. The first kappa shape index (κ1) is 39.2. The highest BCUT2D eigenvalue weighted by atomic mass is 15.1. The van der Waals surface area contributed by atoms with E-state index in [2.05, 4.69) is 254 Å². The average Bonchev–Trinajstić information content (AvgIpc) is 3.84. The Bertz CT molecular complexity index is 3680. The van der Waals surface area contributed by atoms with Crippen LogP contribution in [-0.4, -0.2) is 4.57 Å². The van der Waals surface area contributed by atoms with Crippen molar-refractivity contribution in [2.75, 3.05) is 4.90 Å². The van der Waals surface area contributed by atoms with Gasteiger partial charge in [0.1, 0.15) is 0 Å². The molecule has 0 radical (unpaired) electrons. The summed E-state index contributed by atoms with van der Waals surface area (Å²) in [5, 5.41) is 7.66. The summed E-state index contributed by atoms with van der Waals surface area (Å²) in [5.41, 5.74) is 20.2. The van der Waals surface area contributed by atoms with E-state index in [1.165, 1.54) is 93.4 Å². The van der Waals surface area contributed by atoms with Gasteiger partial charge in [-0.2, -0.15) is 0 Å². The fourth-order valence-electron chi connectivity index (χ4n) is 11.5. The summed E-state index contributed by atoms with van der Waals surface area (Å²) in [7, 11) is 0. The highest BCUT2D eigenvalue weighted by Gasteiger charge is 2.37. The Morgan fingerprint density at radius 1 is 0.418 bits per heavy atom. The van der Waals surface area contributed by atoms with Crippen LogP contribution in [0.1, 0.15) is 37.8 Å². The summed E-state index contributed by atoms with van der Waals surface area (Å²) in [6.07, 6.45) is 6.97. The summed E-state index contributed by atoms with van der Waals surface area (Å²) in [5.74, 6) is 0. The molecule has 0 spiro atoms. The third-order valence-corrected chi connectivity index (χ3v) is 14.7. The van der Waals surface area contributed by atoms with Gasteiger partial charge in [-0.05, 0) is 151 Å². The average molecular weight is 857 g/mol. The molecule has 67 heavy (non-hydrogen) atoms. The third-order valence-electron chi connectivity index (χ3n) is 14.7. The lowest BCUT2D eigenvalue weighted by atomic mass is 9.77. The van der Waals surface area contributed by atoms with Crippen LogP contribution >= 0.6 is 0 Å². The number of allylic oxidation sites excluding steroid dienone is 4. The zero-order valence-corrected chi connectivity index (χ0v) is 37.7. The van der Waals surface area contributed by atoms with Gasteiger partial charge in [0.25, 0.3) is 0 Å². The highest BCUT2D eigenvalue weighted by Crippen LogP contribution is 2.52. The molecule has 2 heteroatoms. The number of hydrogen-bond acceptors (Lipinski definition) is 1. The molecule has 318 valence electrons. The van der Waals surface area contributed by atoms with Gasteiger partial charge in [0.15, 0.2) is 0 Å². The van der Waals surface area contributed by atoms with Crippen LogP contribution in [-0.2, 0) is 5.41 Å². The SMILES string of the molecule is CC1(C)C2=C(C=CCC2)c2ccc(-c3c4ccccc4c(-c4ccc(-c5ccc(N(c6ccccc6)c6ccc(-n7c8ccccc8c8ccccc87)cc6)cc5)cc4)c4ccccc34)cc21. The number of aromatic nitrogens is 1. The summed E-state index contributed by atoms with van der Waals surface area (Å²) in [6.45, 7) is 4.84. The first-order valence-corrected chi connectivity index (χ1v) is 23.6. The fourth-order valence-corrected chi connectivity index (χ4v) is 11.5. The van der Waals surface area contributed by atoms with Crippen LogP contribution in [0.2, 0.25) is 0 Å². The normalized spacial score (nSPS) is 14.0. The van der Waals surface area contributed by atoms with Gasteiger partial charge in [0.2, 0.25) is 0 Å². The van der Waals surface area contributed by atoms with E-state index >= 15 is 0 Å². The molecule has 0 saturated carbocycles. The van der Waals surface area contributed by atoms with Crippen molar-refractivity contribution >= 4 is 66.0 Å². The summed E-state index contributed by atoms with van der Waals surface area (Å²) < 4.78 is 2.37.